The predicted molar refractivity (Wildman–Crippen MR) is 118 cm³/mol. The van der Waals surface area contributed by atoms with E-state index < -0.39 is 40.9 Å². The third kappa shape index (κ3) is 7.83. The lowest BCUT2D eigenvalue weighted by Crippen LogP contribution is -2.31. The van der Waals surface area contributed by atoms with Gasteiger partial charge in [0, 0.05) is 25.8 Å². The van der Waals surface area contributed by atoms with Crippen molar-refractivity contribution < 1.29 is 32.6 Å². The second kappa shape index (κ2) is 11.4. The van der Waals surface area contributed by atoms with E-state index in [0.717, 1.165) is 12.1 Å². The highest BCUT2D eigenvalue weighted by Crippen LogP contribution is 2.28. The molecule has 0 spiro atoms. The quantitative estimate of drug-likeness (QED) is 0.453. The Kier molecular flexibility index (Phi) is 8.86. The Morgan fingerprint density at radius 2 is 1.70 bits per heavy atom. The van der Waals surface area contributed by atoms with E-state index in [2.05, 4.69) is 15.6 Å². The molecule has 1 atom stereocenters. The first-order valence-corrected chi connectivity index (χ1v) is 9.98. The molecule has 2 rings (SSSR count). The SMILES string of the molecule is COc1cc(F)c([C@H](OC)C(=O)NCc2ccc(/N=C/NC(=O)OC(C)(C)C)cc2)c(F)c1. The Bertz CT molecular complexity index is 981. The van der Waals surface area contributed by atoms with E-state index in [-0.39, 0.29) is 12.3 Å². The number of hydrogen-bond acceptors (Lipinski definition) is 6. The fraction of sp³-hybridized carbons (Fsp3) is 0.348. The number of halogens is 2. The van der Waals surface area contributed by atoms with Gasteiger partial charge in [0.15, 0.2) is 6.10 Å². The van der Waals surface area contributed by atoms with Crippen LogP contribution in [0.5, 0.6) is 5.75 Å². The predicted octanol–water partition coefficient (Wildman–Crippen LogP) is 4.16. The summed E-state index contributed by atoms with van der Waals surface area (Å²) in [6.07, 6.45) is -0.881. The zero-order chi connectivity index (χ0) is 24.6. The highest BCUT2D eigenvalue weighted by molar-refractivity contribution is 5.83. The summed E-state index contributed by atoms with van der Waals surface area (Å²) in [5, 5.41) is 4.99. The number of benzene rings is 2. The molecule has 2 amide bonds. The summed E-state index contributed by atoms with van der Waals surface area (Å²) in [6.45, 7) is 5.35. The molecule has 0 saturated carbocycles. The molecule has 0 aliphatic rings. The summed E-state index contributed by atoms with van der Waals surface area (Å²) >= 11 is 0. The van der Waals surface area contributed by atoms with Crippen LogP contribution in [-0.2, 0) is 20.8 Å². The van der Waals surface area contributed by atoms with E-state index in [4.69, 9.17) is 14.2 Å². The zero-order valence-electron chi connectivity index (χ0n) is 19.1. The molecule has 0 saturated heterocycles. The Labute approximate surface area is 190 Å². The molecule has 0 aliphatic heterocycles. The normalized spacial score (nSPS) is 12.3. The van der Waals surface area contributed by atoms with Gasteiger partial charge in [-0.1, -0.05) is 12.1 Å². The first-order valence-electron chi connectivity index (χ1n) is 9.98. The third-order valence-corrected chi connectivity index (χ3v) is 4.22. The summed E-state index contributed by atoms with van der Waals surface area (Å²) in [5.74, 6) is -2.61. The van der Waals surface area contributed by atoms with Crippen molar-refractivity contribution in [1.82, 2.24) is 10.6 Å². The summed E-state index contributed by atoms with van der Waals surface area (Å²) in [4.78, 5) is 28.2. The van der Waals surface area contributed by atoms with Gasteiger partial charge >= 0.3 is 6.09 Å². The Morgan fingerprint density at radius 1 is 1.09 bits per heavy atom. The van der Waals surface area contributed by atoms with Gasteiger partial charge in [0.2, 0.25) is 0 Å². The zero-order valence-corrected chi connectivity index (χ0v) is 19.1. The number of aliphatic imine (C=N–C) groups is 1. The van der Waals surface area contributed by atoms with Crippen LogP contribution in [0.25, 0.3) is 0 Å². The molecule has 178 valence electrons. The van der Waals surface area contributed by atoms with Crippen molar-refractivity contribution in [2.45, 2.75) is 39.0 Å². The second-order valence-corrected chi connectivity index (χ2v) is 7.91. The second-order valence-electron chi connectivity index (χ2n) is 7.91. The van der Waals surface area contributed by atoms with E-state index in [9.17, 15) is 18.4 Å². The Hall–Kier alpha value is -3.53. The van der Waals surface area contributed by atoms with Gasteiger partial charge in [0.1, 0.15) is 23.0 Å². The van der Waals surface area contributed by atoms with Crippen LogP contribution in [0.2, 0.25) is 0 Å². The molecule has 8 nitrogen and oxygen atoms in total. The molecule has 0 heterocycles. The van der Waals surface area contributed by atoms with Crippen LogP contribution in [0, 0.1) is 11.6 Å². The molecule has 2 aromatic rings. The first-order chi connectivity index (χ1) is 15.5. The summed E-state index contributed by atoms with van der Waals surface area (Å²) < 4.78 is 43.6. The minimum Gasteiger partial charge on any atom is -0.497 e. The van der Waals surface area contributed by atoms with Gasteiger partial charge in [-0.25, -0.2) is 18.6 Å². The fourth-order valence-electron chi connectivity index (χ4n) is 2.73. The molecule has 0 fully saturated rings. The lowest BCUT2D eigenvalue weighted by Gasteiger charge is -2.18. The van der Waals surface area contributed by atoms with E-state index in [1.54, 1.807) is 45.0 Å². The van der Waals surface area contributed by atoms with Gasteiger partial charge in [-0.15, -0.1) is 0 Å². The smallest absolute Gasteiger partial charge is 0.412 e. The van der Waals surface area contributed by atoms with Crippen molar-refractivity contribution in [3.05, 3.63) is 59.2 Å². The van der Waals surface area contributed by atoms with Crippen molar-refractivity contribution >= 4 is 24.0 Å². The van der Waals surface area contributed by atoms with Gasteiger partial charge in [-0.05, 0) is 38.5 Å². The summed E-state index contributed by atoms with van der Waals surface area (Å²) in [7, 11) is 2.47. The van der Waals surface area contributed by atoms with E-state index in [1.165, 1.54) is 20.6 Å². The van der Waals surface area contributed by atoms with Gasteiger partial charge in [0.25, 0.3) is 5.91 Å². The standard InChI is InChI=1S/C23H27F2N3O5/c1-23(2,3)33-22(30)28-13-27-15-8-6-14(7-9-15)12-26-21(29)20(32-5)19-17(24)10-16(31-4)11-18(19)25/h6-11,13,20H,12H2,1-5H3,(H,26,29)(H,27,28,30)/t20-/m0/s1. The maximum absolute atomic E-state index is 14.3. The van der Waals surface area contributed by atoms with Gasteiger partial charge in [-0.2, -0.15) is 0 Å². The minimum absolute atomic E-state index is 0.00643. The molecular formula is C23H27F2N3O5. The number of methoxy groups -OCH3 is 2. The average Bonchev–Trinajstić information content (AvgIpc) is 2.74. The molecule has 33 heavy (non-hydrogen) atoms. The maximum atomic E-state index is 14.3. The van der Waals surface area contributed by atoms with Crippen LogP contribution in [-0.4, -0.2) is 38.2 Å². The maximum Gasteiger partial charge on any atom is 0.412 e. The topological polar surface area (TPSA) is 98.3 Å². The Balaban J connectivity index is 1.96. The first kappa shape index (κ1) is 25.7. The third-order valence-electron chi connectivity index (χ3n) is 4.22. The molecule has 0 unspecified atom stereocenters. The lowest BCUT2D eigenvalue weighted by molar-refractivity contribution is -0.131. The van der Waals surface area contributed by atoms with Crippen LogP contribution in [0.15, 0.2) is 41.4 Å². The number of amides is 2. The highest BCUT2D eigenvalue weighted by atomic mass is 19.1. The molecule has 0 aromatic heterocycles. The number of ether oxygens (including phenoxy) is 3. The number of nitrogens with zero attached hydrogens (tertiary/aromatic N) is 1. The minimum atomic E-state index is -1.47. The number of carbonyl (C=O) groups excluding carboxylic acids is 2. The van der Waals surface area contributed by atoms with Crippen LogP contribution in [0.4, 0.5) is 19.3 Å². The van der Waals surface area contributed by atoms with E-state index in [1.807, 2.05) is 0 Å². The molecular weight excluding hydrogens is 436 g/mol. The van der Waals surface area contributed by atoms with Crippen molar-refractivity contribution in [3.63, 3.8) is 0 Å². The van der Waals surface area contributed by atoms with Crippen molar-refractivity contribution in [1.29, 1.82) is 0 Å². The molecule has 0 aliphatic carbocycles. The average molecular weight is 463 g/mol. The summed E-state index contributed by atoms with van der Waals surface area (Å²) in [6, 6.07) is 8.72. The van der Waals surface area contributed by atoms with Crippen LogP contribution >= 0.6 is 0 Å². The lowest BCUT2D eigenvalue weighted by atomic mass is 10.1. The molecule has 0 bridgehead atoms. The van der Waals surface area contributed by atoms with Crippen molar-refractivity contribution in [2.24, 2.45) is 4.99 Å². The number of nitrogens with one attached hydrogen (secondary N) is 2. The number of carbonyl (C=O) groups is 2. The number of alkyl carbamates (subject to hydrolysis) is 1. The van der Waals surface area contributed by atoms with E-state index in [0.29, 0.717) is 11.3 Å². The number of rotatable bonds is 8. The van der Waals surface area contributed by atoms with Crippen LogP contribution < -0.4 is 15.4 Å². The van der Waals surface area contributed by atoms with Gasteiger partial charge in [-0.3, -0.25) is 10.1 Å². The van der Waals surface area contributed by atoms with Gasteiger partial charge in [0.05, 0.1) is 24.7 Å². The summed E-state index contributed by atoms with van der Waals surface area (Å²) in [5.41, 5.74) is 0.153. The van der Waals surface area contributed by atoms with Crippen LogP contribution in [0.1, 0.15) is 38.0 Å². The van der Waals surface area contributed by atoms with Crippen molar-refractivity contribution in [3.8, 4) is 5.75 Å². The molecule has 2 aromatic carbocycles. The highest BCUT2D eigenvalue weighted by Gasteiger charge is 2.27. The van der Waals surface area contributed by atoms with E-state index >= 15 is 0 Å². The monoisotopic (exact) mass is 463 g/mol. The van der Waals surface area contributed by atoms with Gasteiger partial charge < -0.3 is 19.5 Å². The Morgan fingerprint density at radius 3 is 2.21 bits per heavy atom. The molecule has 2 N–H and O–H groups in total. The van der Waals surface area contributed by atoms with Crippen LogP contribution in [0.3, 0.4) is 0 Å². The van der Waals surface area contributed by atoms with Crippen molar-refractivity contribution in [2.75, 3.05) is 14.2 Å². The molecule has 10 heteroatoms. The number of hydrogen-bond donors (Lipinski definition) is 2. The fourth-order valence-corrected chi connectivity index (χ4v) is 2.73. The molecule has 0 radical (unpaired) electrons. The largest absolute Gasteiger partial charge is 0.497 e.